The van der Waals surface area contributed by atoms with Crippen molar-refractivity contribution >= 4 is 24.7 Å². The average molecular weight is 357 g/mol. The molecule has 1 aliphatic rings. The van der Waals surface area contributed by atoms with Gasteiger partial charge >= 0.3 is 12.1 Å². The Morgan fingerprint density at radius 3 is 2.16 bits per heavy atom. The van der Waals surface area contributed by atoms with Crippen LogP contribution < -0.4 is 5.32 Å². The number of benzene rings is 2. The number of thiol groups is 1. The molecule has 5 nitrogen and oxygen atoms in total. The largest absolute Gasteiger partial charge is 0.467 e. The minimum atomic E-state index is -0.830. The number of nitrogens with one attached hydrogen (secondary N) is 1. The average Bonchev–Trinajstić information content (AvgIpc) is 2.98. The number of hydrogen-bond donors (Lipinski definition) is 2. The molecule has 1 amide bonds. The molecule has 1 unspecified atom stereocenters. The Bertz CT molecular complexity index is 747. The summed E-state index contributed by atoms with van der Waals surface area (Å²) in [5.74, 6) is -0.439. The summed E-state index contributed by atoms with van der Waals surface area (Å²) in [6, 6.07) is 15.4. The first-order chi connectivity index (χ1) is 12.2. The lowest BCUT2D eigenvalue weighted by molar-refractivity contribution is -0.142. The van der Waals surface area contributed by atoms with Crippen LogP contribution in [0.4, 0.5) is 4.79 Å². The number of methoxy groups -OCH3 is 1. The van der Waals surface area contributed by atoms with Gasteiger partial charge in [0.1, 0.15) is 12.6 Å². The number of carbonyl (C=O) groups excluding carboxylic acids is 2. The van der Waals surface area contributed by atoms with Crippen molar-refractivity contribution in [2.75, 3.05) is 19.5 Å². The molecular formula is C19H19NO4S. The standard InChI is InChI=1S/C19H19NO4S/c1-23-18(21)17(11-25)20-19(22)24-10-16-14-8-4-2-6-12(14)13-7-3-5-9-15(13)16/h2-9,16-17,25H,10-11H2,1H3,(H,20,22). The summed E-state index contributed by atoms with van der Waals surface area (Å²) >= 11 is 4.04. The van der Waals surface area contributed by atoms with E-state index in [0.717, 1.165) is 22.3 Å². The molecule has 0 aromatic heterocycles. The molecule has 0 aliphatic heterocycles. The summed E-state index contributed by atoms with van der Waals surface area (Å²) in [4.78, 5) is 23.6. The van der Waals surface area contributed by atoms with Crippen molar-refractivity contribution in [3.8, 4) is 11.1 Å². The highest BCUT2D eigenvalue weighted by Gasteiger charge is 2.29. The van der Waals surface area contributed by atoms with Crippen LogP contribution in [0.15, 0.2) is 48.5 Å². The van der Waals surface area contributed by atoms with Gasteiger partial charge in [-0.1, -0.05) is 48.5 Å². The van der Waals surface area contributed by atoms with Crippen LogP contribution in [0.25, 0.3) is 11.1 Å². The van der Waals surface area contributed by atoms with Gasteiger partial charge in [-0.2, -0.15) is 12.6 Å². The summed E-state index contributed by atoms with van der Waals surface area (Å²) in [7, 11) is 1.26. The molecule has 2 aromatic carbocycles. The van der Waals surface area contributed by atoms with Crippen molar-refractivity contribution in [2.45, 2.75) is 12.0 Å². The maximum Gasteiger partial charge on any atom is 0.407 e. The van der Waals surface area contributed by atoms with Crippen molar-refractivity contribution < 1.29 is 19.1 Å². The van der Waals surface area contributed by atoms with Gasteiger partial charge in [-0.25, -0.2) is 9.59 Å². The predicted molar refractivity (Wildman–Crippen MR) is 97.9 cm³/mol. The van der Waals surface area contributed by atoms with Gasteiger partial charge in [-0.15, -0.1) is 0 Å². The zero-order chi connectivity index (χ0) is 17.8. The predicted octanol–water partition coefficient (Wildman–Crippen LogP) is 3.00. The maximum atomic E-state index is 12.0. The lowest BCUT2D eigenvalue weighted by Gasteiger charge is -2.17. The van der Waals surface area contributed by atoms with E-state index in [1.54, 1.807) is 0 Å². The fraction of sp³-hybridized carbons (Fsp3) is 0.263. The highest BCUT2D eigenvalue weighted by atomic mass is 32.1. The SMILES string of the molecule is COC(=O)C(CS)NC(=O)OCC1c2ccccc2-c2ccccc21. The second-order valence-electron chi connectivity index (χ2n) is 5.73. The Labute approximate surface area is 151 Å². The molecule has 130 valence electrons. The van der Waals surface area contributed by atoms with Gasteiger partial charge in [0.25, 0.3) is 0 Å². The van der Waals surface area contributed by atoms with Crippen LogP contribution in [0.5, 0.6) is 0 Å². The summed E-state index contributed by atoms with van der Waals surface area (Å²) in [5.41, 5.74) is 4.59. The molecule has 25 heavy (non-hydrogen) atoms. The summed E-state index contributed by atoms with van der Waals surface area (Å²) in [6.07, 6.45) is -0.661. The highest BCUT2D eigenvalue weighted by Crippen LogP contribution is 2.44. The molecular weight excluding hydrogens is 338 g/mol. The topological polar surface area (TPSA) is 64.6 Å². The number of amides is 1. The second kappa shape index (κ2) is 7.61. The number of hydrogen-bond acceptors (Lipinski definition) is 5. The van der Waals surface area contributed by atoms with Crippen LogP contribution in [0.2, 0.25) is 0 Å². The van der Waals surface area contributed by atoms with E-state index >= 15 is 0 Å². The molecule has 1 atom stereocenters. The van der Waals surface area contributed by atoms with Crippen molar-refractivity contribution in [1.29, 1.82) is 0 Å². The van der Waals surface area contributed by atoms with Crippen molar-refractivity contribution in [2.24, 2.45) is 0 Å². The number of esters is 1. The van der Waals surface area contributed by atoms with E-state index in [2.05, 4.69) is 34.8 Å². The minimum absolute atomic E-state index is 0.0225. The molecule has 3 rings (SSSR count). The lowest BCUT2D eigenvalue weighted by atomic mass is 9.98. The van der Waals surface area contributed by atoms with Crippen LogP contribution in [0.1, 0.15) is 17.0 Å². The fourth-order valence-electron chi connectivity index (χ4n) is 3.10. The third kappa shape index (κ3) is 3.49. The van der Waals surface area contributed by atoms with Crippen molar-refractivity contribution in [1.82, 2.24) is 5.32 Å². The maximum absolute atomic E-state index is 12.0. The van der Waals surface area contributed by atoms with E-state index in [1.807, 2.05) is 36.4 Å². The Kier molecular flexibility index (Phi) is 5.28. The van der Waals surface area contributed by atoms with E-state index in [0.29, 0.717) is 0 Å². The van der Waals surface area contributed by atoms with E-state index in [-0.39, 0.29) is 18.3 Å². The summed E-state index contributed by atoms with van der Waals surface area (Å²) in [6.45, 7) is 0.195. The van der Waals surface area contributed by atoms with E-state index in [1.165, 1.54) is 7.11 Å². The van der Waals surface area contributed by atoms with Crippen LogP contribution in [0.3, 0.4) is 0 Å². The third-order valence-corrected chi connectivity index (χ3v) is 4.67. The van der Waals surface area contributed by atoms with Crippen LogP contribution in [-0.4, -0.2) is 37.6 Å². The molecule has 0 radical (unpaired) electrons. The van der Waals surface area contributed by atoms with Gasteiger partial charge in [0.05, 0.1) is 7.11 Å². The summed E-state index contributed by atoms with van der Waals surface area (Å²) < 4.78 is 9.99. The molecule has 2 aromatic rings. The number of ether oxygens (including phenoxy) is 2. The van der Waals surface area contributed by atoms with Gasteiger partial charge in [-0.05, 0) is 22.3 Å². The van der Waals surface area contributed by atoms with Crippen LogP contribution in [-0.2, 0) is 14.3 Å². The monoisotopic (exact) mass is 357 g/mol. The molecule has 0 spiro atoms. The van der Waals surface area contributed by atoms with Crippen LogP contribution in [0, 0.1) is 0 Å². The third-order valence-electron chi connectivity index (χ3n) is 4.30. The Morgan fingerprint density at radius 2 is 1.64 bits per heavy atom. The van der Waals surface area contributed by atoms with E-state index in [9.17, 15) is 9.59 Å². The smallest absolute Gasteiger partial charge is 0.407 e. The first-order valence-corrected chi connectivity index (χ1v) is 8.59. The van der Waals surface area contributed by atoms with E-state index in [4.69, 9.17) is 4.74 Å². The lowest BCUT2D eigenvalue weighted by Crippen LogP contribution is -2.43. The highest BCUT2D eigenvalue weighted by molar-refractivity contribution is 7.80. The van der Waals surface area contributed by atoms with Gasteiger partial charge in [0, 0.05) is 11.7 Å². The normalized spacial score (nSPS) is 13.5. The van der Waals surface area contributed by atoms with Crippen LogP contribution >= 0.6 is 12.6 Å². The number of alkyl carbamates (subject to hydrolysis) is 1. The number of carbonyl (C=O) groups is 2. The van der Waals surface area contributed by atoms with E-state index < -0.39 is 18.1 Å². The van der Waals surface area contributed by atoms with Crippen molar-refractivity contribution in [3.05, 3.63) is 59.7 Å². The molecule has 0 heterocycles. The number of rotatable bonds is 5. The second-order valence-corrected chi connectivity index (χ2v) is 6.09. The Morgan fingerprint density at radius 1 is 1.08 bits per heavy atom. The zero-order valence-electron chi connectivity index (χ0n) is 13.8. The van der Waals surface area contributed by atoms with Crippen molar-refractivity contribution in [3.63, 3.8) is 0 Å². The molecule has 0 saturated heterocycles. The van der Waals surface area contributed by atoms with Gasteiger partial charge in [0.2, 0.25) is 0 Å². The first kappa shape index (κ1) is 17.4. The first-order valence-electron chi connectivity index (χ1n) is 7.96. The molecule has 6 heteroatoms. The molecule has 0 bridgehead atoms. The zero-order valence-corrected chi connectivity index (χ0v) is 14.7. The fourth-order valence-corrected chi connectivity index (χ4v) is 3.34. The number of fused-ring (bicyclic) bond motifs is 3. The molecule has 1 aliphatic carbocycles. The molecule has 1 N–H and O–H groups in total. The summed E-state index contributed by atoms with van der Waals surface area (Å²) in [5, 5.41) is 2.48. The van der Waals surface area contributed by atoms with Gasteiger partial charge in [0.15, 0.2) is 0 Å². The molecule has 0 saturated carbocycles. The Balaban J connectivity index is 1.71. The minimum Gasteiger partial charge on any atom is -0.467 e. The molecule has 0 fully saturated rings. The Hall–Kier alpha value is -2.47. The van der Waals surface area contributed by atoms with Gasteiger partial charge in [-0.3, -0.25) is 0 Å². The van der Waals surface area contributed by atoms with Gasteiger partial charge < -0.3 is 14.8 Å². The quantitative estimate of drug-likeness (QED) is 0.638.